The van der Waals surface area contributed by atoms with Gasteiger partial charge in [-0.1, -0.05) is 40.9 Å². The molecule has 4 nitrogen and oxygen atoms in total. The molecular weight excluding hydrogens is 426 g/mol. The van der Waals surface area contributed by atoms with E-state index in [4.69, 9.17) is 39.2 Å². The van der Waals surface area contributed by atoms with Gasteiger partial charge >= 0.3 is 0 Å². The second-order valence-electron chi connectivity index (χ2n) is 5.88. The molecule has 1 N–H and O–H groups in total. The first-order valence-electron chi connectivity index (χ1n) is 8.04. The minimum absolute atomic E-state index is 0.178. The van der Waals surface area contributed by atoms with E-state index in [-0.39, 0.29) is 21.5 Å². The number of oxazole rings is 1. The van der Waals surface area contributed by atoms with Gasteiger partial charge in [-0.3, -0.25) is 4.79 Å². The summed E-state index contributed by atoms with van der Waals surface area (Å²) in [4.78, 5) is 16.8. The summed E-state index contributed by atoms with van der Waals surface area (Å²) in [7, 11) is 0. The quantitative estimate of drug-likeness (QED) is 0.383. The van der Waals surface area contributed by atoms with Crippen molar-refractivity contribution >= 4 is 57.5 Å². The standard InChI is InChI=1S/C20H10Cl3FN2O2/c21-14-3-1-2-13(18(14)23)19(27)25-11-5-7-17-16(9-11)26-20(28-17)12-6-4-10(24)8-15(12)22/h1-9H,(H,25,27). The second kappa shape index (κ2) is 7.43. The van der Waals surface area contributed by atoms with Crippen molar-refractivity contribution in [1.29, 1.82) is 0 Å². The van der Waals surface area contributed by atoms with Crippen LogP contribution in [0.3, 0.4) is 0 Å². The Hall–Kier alpha value is -2.60. The van der Waals surface area contributed by atoms with Gasteiger partial charge in [-0.2, -0.15) is 0 Å². The molecule has 4 rings (SSSR count). The fourth-order valence-corrected chi connectivity index (χ4v) is 3.30. The highest BCUT2D eigenvalue weighted by molar-refractivity contribution is 6.44. The number of fused-ring (bicyclic) bond motifs is 1. The largest absolute Gasteiger partial charge is 0.436 e. The van der Waals surface area contributed by atoms with Crippen LogP contribution in [-0.2, 0) is 0 Å². The first kappa shape index (κ1) is 18.7. The number of aromatic nitrogens is 1. The van der Waals surface area contributed by atoms with E-state index in [1.807, 2.05) is 0 Å². The number of nitrogens with zero attached hydrogens (tertiary/aromatic N) is 1. The van der Waals surface area contributed by atoms with Crippen LogP contribution in [0.1, 0.15) is 10.4 Å². The summed E-state index contributed by atoms with van der Waals surface area (Å²) in [6, 6.07) is 13.8. The van der Waals surface area contributed by atoms with Crippen LogP contribution in [0.4, 0.5) is 10.1 Å². The summed E-state index contributed by atoms with van der Waals surface area (Å²) in [5.41, 5.74) is 2.22. The predicted octanol–water partition coefficient (Wildman–Crippen LogP) is 6.85. The van der Waals surface area contributed by atoms with Gasteiger partial charge in [-0.05, 0) is 48.5 Å². The average molecular weight is 436 g/mol. The smallest absolute Gasteiger partial charge is 0.257 e. The Morgan fingerprint density at radius 1 is 1.00 bits per heavy atom. The summed E-state index contributed by atoms with van der Waals surface area (Å²) in [6.07, 6.45) is 0. The van der Waals surface area contributed by atoms with Gasteiger partial charge in [0, 0.05) is 5.69 Å². The van der Waals surface area contributed by atoms with Crippen molar-refractivity contribution in [3.05, 3.63) is 81.0 Å². The molecule has 0 atom stereocenters. The number of carbonyl (C=O) groups excluding carboxylic acids is 1. The number of hydrogen-bond donors (Lipinski definition) is 1. The molecule has 8 heteroatoms. The third kappa shape index (κ3) is 3.56. The molecule has 0 radical (unpaired) electrons. The van der Waals surface area contributed by atoms with E-state index in [0.717, 1.165) is 0 Å². The summed E-state index contributed by atoms with van der Waals surface area (Å²) >= 11 is 18.1. The van der Waals surface area contributed by atoms with Gasteiger partial charge in [-0.25, -0.2) is 9.37 Å². The molecule has 140 valence electrons. The lowest BCUT2D eigenvalue weighted by Gasteiger charge is -2.07. The molecule has 1 aromatic heterocycles. The van der Waals surface area contributed by atoms with Crippen LogP contribution in [-0.4, -0.2) is 10.9 Å². The highest BCUT2D eigenvalue weighted by Crippen LogP contribution is 2.32. The van der Waals surface area contributed by atoms with Crippen molar-refractivity contribution in [3.8, 4) is 11.5 Å². The van der Waals surface area contributed by atoms with E-state index in [0.29, 0.717) is 27.4 Å². The van der Waals surface area contributed by atoms with Crippen molar-refractivity contribution in [2.75, 3.05) is 5.32 Å². The number of nitrogens with one attached hydrogen (secondary N) is 1. The van der Waals surface area contributed by atoms with Crippen LogP contribution in [0.25, 0.3) is 22.6 Å². The molecule has 0 spiro atoms. The Morgan fingerprint density at radius 2 is 1.82 bits per heavy atom. The number of hydrogen-bond acceptors (Lipinski definition) is 3. The topological polar surface area (TPSA) is 55.1 Å². The Morgan fingerprint density at radius 3 is 2.61 bits per heavy atom. The fraction of sp³-hybridized carbons (Fsp3) is 0. The number of carbonyl (C=O) groups is 1. The summed E-state index contributed by atoms with van der Waals surface area (Å²) in [5.74, 6) is -0.604. The molecule has 4 aromatic rings. The second-order valence-corrected chi connectivity index (χ2v) is 7.07. The van der Waals surface area contributed by atoms with Gasteiger partial charge in [0.2, 0.25) is 5.89 Å². The lowest BCUT2D eigenvalue weighted by Crippen LogP contribution is -2.12. The molecule has 0 saturated carbocycles. The molecular formula is C20H10Cl3FN2O2. The zero-order valence-electron chi connectivity index (χ0n) is 14.0. The molecule has 28 heavy (non-hydrogen) atoms. The minimum atomic E-state index is -0.450. The zero-order chi connectivity index (χ0) is 19.8. The molecule has 0 aliphatic heterocycles. The Bertz CT molecular complexity index is 1220. The van der Waals surface area contributed by atoms with E-state index < -0.39 is 11.7 Å². The van der Waals surface area contributed by atoms with Gasteiger partial charge < -0.3 is 9.73 Å². The van der Waals surface area contributed by atoms with Crippen molar-refractivity contribution in [2.45, 2.75) is 0 Å². The highest BCUT2D eigenvalue weighted by atomic mass is 35.5. The van der Waals surface area contributed by atoms with Gasteiger partial charge in [0.25, 0.3) is 5.91 Å². The van der Waals surface area contributed by atoms with Crippen LogP contribution in [0.2, 0.25) is 15.1 Å². The molecule has 1 heterocycles. The molecule has 0 unspecified atom stereocenters. The Labute approximate surface area is 173 Å². The van der Waals surface area contributed by atoms with Crippen molar-refractivity contribution < 1.29 is 13.6 Å². The normalized spacial score (nSPS) is 11.0. The van der Waals surface area contributed by atoms with E-state index in [1.165, 1.54) is 18.2 Å². The zero-order valence-corrected chi connectivity index (χ0v) is 16.2. The maximum atomic E-state index is 13.2. The van der Waals surface area contributed by atoms with Gasteiger partial charge in [-0.15, -0.1) is 0 Å². The fourth-order valence-electron chi connectivity index (χ4n) is 2.66. The highest BCUT2D eigenvalue weighted by Gasteiger charge is 2.15. The molecule has 1 amide bonds. The maximum absolute atomic E-state index is 13.2. The van der Waals surface area contributed by atoms with Crippen LogP contribution >= 0.6 is 34.8 Å². The monoisotopic (exact) mass is 434 g/mol. The number of rotatable bonds is 3. The molecule has 0 aliphatic carbocycles. The first-order valence-corrected chi connectivity index (χ1v) is 9.17. The third-order valence-corrected chi connectivity index (χ3v) is 5.13. The Balaban J connectivity index is 1.65. The summed E-state index contributed by atoms with van der Waals surface area (Å²) in [6.45, 7) is 0. The molecule has 0 fully saturated rings. The van der Waals surface area contributed by atoms with Crippen LogP contribution in [0.15, 0.2) is 59.0 Å². The maximum Gasteiger partial charge on any atom is 0.257 e. The molecule has 0 bridgehead atoms. The third-order valence-electron chi connectivity index (χ3n) is 4.00. The van der Waals surface area contributed by atoms with Crippen molar-refractivity contribution in [3.63, 3.8) is 0 Å². The average Bonchev–Trinajstić information content (AvgIpc) is 3.06. The summed E-state index contributed by atoms with van der Waals surface area (Å²) in [5, 5.41) is 3.41. The number of anilines is 1. The van der Waals surface area contributed by atoms with Gasteiger partial charge in [0.1, 0.15) is 11.3 Å². The van der Waals surface area contributed by atoms with Gasteiger partial charge in [0.15, 0.2) is 5.58 Å². The number of benzene rings is 3. The number of amides is 1. The van der Waals surface area contributed by atoms with Crippen molar-refractivity contribution in [1.82, 2.24) is 4.98 Å². The van der Waals surface area contributed by atoms with Crippen LogP contribution in [0.5, 0.6) is 0 Å². The minimum Gasteiger partial charge on any atom is -0.436 e. The van der Waals surface area contributed by atoms with E-state index in [9.17, 15) is 9.18 Å². The molecule has 0 aliphatic rings. The molecule has 0 saturated heterocycles. The number of halogens is 4. The SMILES string of the molecule is O=C(Nc1ccc2oc(-c3ccc(F)cc3Cl)nc2c1)c1cccc(Cl)c1Cl. The first-order chi connectivity index (χ1) is 13.4. The lowest BCUT2D eigenvalue weighted by molar-refractivity contribution is 0.102. The van der Waals surface area contributed by atoms with E-state index in [1.54, 1.807) is 36.4 Å². The van der Waals surface area contributed by atoms with Crippen LogP contribution < -0.4 is 5.32 Å². The van der Waals surface area contributed by atoms with Crippen LogP contribution in [0, 0.1) is 5.82 Å². The predicted molar refractivity (Wildman–Crippen MR) is 109 cm³/mol. The van der Waals surface area contributed by atoms with Crippen molar-refractivity contribution in [2.24, 2.45) is 0 Å². The van der Waals surface area contributed by atoms with E-state index >= 15 is 0 Å². The Kier molecular flexibility index (Phi) is 4.98. The van der Waals surface area contributed by atoms with E-state index in [2.05, 4.69) is 10.3 Å². The molecule has 3 aromatic carbocycles. The van der Waals surface area contributed by atoms with Gasteiger partial charge in [0.05, 0.1) is 26.2 Å². The lowest BCUT2D eigenvalue weighted by atomic mass is 10.2. The summed E-state index contributed by atoms with van der Waals surface area (Å²) < 4.78 is 18.9.